The number of aromatic nitrogens is 2. The van der Waals surface area contributed by atoms with E-state index in [1.54, 1.807) is 24.3 Å². The Morgan fingerprint density at radius 3 is 2.53 bits per heavy atom. The van der Waals surface area contributed by atoms with Crippen LogP contribution in [0.3, 0.4) is 0 Å². The summed E-state index contributed by atoms with van der Waals surface area (Å²) >= 11 is 6.36. The SMILES string of the molecule is COc1ccc(OC)c(S(=O)(=O)Nc2ccc(Cl)c(-c3nc4ccccc4[nH]3)c2)c1. The van der Waals surface area contributed by atoms with Gasteiger partial charge in [0.2, 0.25) is 0 Å². The molecule has 0 amide bonds. The first-order valence-electron chi connectivity index (χ1n) is 8.91. The van der Waals surface area contributed by atoms with Crippen molar-refractivity contribution in [2.24, 2.45) is 0 Å². The molecule has 0 saturated carbocycles. The molecule has 1 aromatic heterocycles. The van der Waals surface area contributed by atoms with Gasteiger partial charge in [-0.2, -0.15) is 0 Å². The molecule has 0 radical (unpaired) electrons. The van der Waals surface area contributed by atoms with E-state index in [1.807, 2.05) is 24.3 Å². The number of para-hydroxylation sites is 2. The lowest BCUT2D eigenvalue weighted by atomic mass is 10.2. The number of methoxy groups -OCH3 is 2. The molecule has 30 heavy (non-hydrogen) atoms. The van der Waals surface area contributed by atoms with Gasteiger partial charge in [0.1, 0.15) is 22.2 Å². The summed E-state index contributed by atoms with van der Waals surface area (Å²) in [6, 6.07) is 17.0. The molecule has 9 heteroatoms. The number of rotatable bonds is 6. The van der Waals surface area contributed by atoms with Gasteiger partial charge in [0.15, 0.2) is 0 Å². The fraction of sp³-hybridized carbons (Fsp3) is 0.0952. The highest BCUT2D eigenvalue weighted by Crippen LogP contribution is 2.33. The van der Waals surface area contributed by atoms with Crippen LogP contribution in [0.25, 0.3) is 22.4 Å². The molecule has 0 aliphatic rings. The highest BCUT2D eigenvalue weighted by molar-refractivity contribution is 7.92. The largest absolute Gasteiger partial charge is 0.497 e. The van der Waals surface area contributed by atoms with Crippen molar-refractivity contribution < 1.29 is 17.9 Å². The average Bonchev–Trinajstić information content (AvgIpc) is 3.18. The van der Waals surface area contributed by atoms with E-state index < -0.39 is 10.0 Å². The zero-order chi connectivity index (χ0) is 21.3. The molecule has 4 rings (SSSR count). The highest BCUT2D eigenvalue weighted by atomic mass is 35.5. The fourth-order valence-electron chi connectivity index (χ4n) is 3.05. The predicted molar refractivity (Wildman–Crippen MR) is 117 cm³/mol. The Balaban J connectivity index is 1.73. The van der Waals surface area contributed by atoms with Gasteiger partial charge in [-0.15, -0.1) is 0 Å². The molecule has 0 aliphatic carbocycles. The number of halogens is 1. The van der Waals surface area contributed by atoms with E-state index in [1.165, 1.54) is 26.4 Å². The second kappa shape index (κ2) is 7.89. The van der Waals surface area contributed by atoms with Gasteiger partial charge in [-0.3, -0.25) is 4.72 Å². The maximum atomic E-state index is 13.0. The summed E-state index contributed by atoms with van der Waals surface area (Å²) in [5, 5.41) is 0.441. The molecule has 7 nitrogen and oxygen atoms in total. The zero-order valence-corrected chi connectivity index (χ0v) is 17.7. The van der Waals surface area contributed by atoms with Crippen LogP contribution in [0.2, 0.25) is 5.02 Å². The number of benzene rings is 3. The maximum Gasteiger partial charge on any atom is 0.265 e. The monoisotopic (exact) mass is 443 g/mol. The molecule has 0 unspecified atom stereocenters. The molecule has 154 valence electrons. The van der Waals surface area contributed by atoms with E-state index in [2.05, 4.69) is 14.7 Å². The molecule has 0 aliphatic heterocycles. The lowest BCUT2D eigenvalue weighted by molar-refractivity contribution is 0.392. The summed E-state index contributed by atoms with van der Waals surface area (Å²) < 4.78 is 39.0. The number of nitrogens with one attached hydrogen (secondary N) is 2. The molecule has 2 N–H and O–H groups in total. The summed E-state index contributed by atoms with van der Waals surface area (Å²) in [6.45, 7) is 0. The van der Waals surface area contributed by atoms with Crippen molar-refractivity contribution in [1.29, 1.82) is 0 Å². The minimum Gasteiger partial charge on any atom is -0.497 e. The van der Waals surface area contributed by atoms with Gasteiger partial charge in [0.25, 0.3) is 10.0 Å². The Labute approximate surface area is 178 Å². The van der Waals surface area contributed by atoms with Crippen LogP contribution in [-0.2, 0) is 10.0 Å². The highest BCUT2D eigenvalue weighted by Gasteiger charge is 2.21. The topological polar surface area (TPSA) is 93.3 Å². The van der Waals surface area contributed by atoms with Crippen molar-refractivity contribution in [1.82, 2.24) is 9.97 Å². The van der Waals surface area contributed by atoms with Crippen LogP contribution < -0.4 is 14.2 Å². The molecule has 0 spiro atoms. The summed E-state index contributed by atoms with van der Waals surface area (Å²) in [4.78, 5) is 7.70. The maximum absolute atomic E-state index is 13.0. The number of fused-ring (bicyclic) bond motifs is 1. The molecule has 3 aromatic carbocycles. The summed E-state index contributed by atoms with van der Waals surface area (Å²) in [6.07, 6.45) is 0. The van der Waals surface area contributed by atoms with Crippen LogP contribution in [0.15, 0.2) is 65.6 Å². The van der Waals surface area contributed by atoms with E-state index in [-0.39, 0.29) is 10.6 Å². The third-order valence-electron chi connectivity index (χ3n) is 4.52. The number of hydrogen-bond donors (Lipinski definition) is 2. The van der Waals surface area contributed by atoms with Gasteiger partial charge >= 0.3 is 0 Å². The normalized spacial score (nSPS) is 11.4. The van der Waals surface area contributed by atoms with Crippen molar-refractivity contribution in [2.45, 2.75) is 4.90 Å². The van der Waals surface area contributed by atoms with Crippen molar-refractivity contribution >= 4 is 38.3 Å². The van der Waals surface area contributed by atoms with Crippen molar-refractivity contribution in [2.75, 3.05) is 18.9 Å². The Bertz CT molecular complexity index is 1300. The first-order chi connectivity index (χ1) is 14.4. The zero-order valence-electron chi connectivity index (χ0n) is 16.1. The van der Waals surface area contributed by atoms with Gasteiger partial charge in [-0.1, -0.05) is 23.7 Å². The quantitative estimate of drug-likeness (QED) is 0.450. The van der Waals surface area contributed by atoms with E-state index in [9.17, 15) is 8.42 Å². The third-order valence-corrected chi connectivity index (χ3v) is 6.26. The fourth-order valence-corrected chi connectivity index (χ4v) is 4.50. The molecule has 0 bridgehead atoms. The number of hydrogen-bond acceptors (Lipinski definition) is 5. The lowest BCUT2D eigenvalue weighted by Gasteiger charge is -2.13. The molecule has 0 atom stereocenters. The Morgan fingerprint density at radius 2 is 1.80 bits per heavy atom. The number of H-pyrrole nitrogens is 1. The second-order valence-corrected chi connectivity index (χ2v) is 8.48. The van der Waals surface area contributed by atoms with Crippen LogP contribution in [0.4, 0.5) is 5.69 Å². The molecule has 0 saturated heterocycles. The lowest BCUT2D eigenvalue weighted by Crippen LogP contribution is -2.14. The molecule has 1 heterocycles. The molecular formula is C21H18ClN3O4S. The Morgan fingerprint density at radius 1 is 1.00 bits per heavy atom. The van der Waals surface area contributed by atoms with Gasteiger partial charge < -0.3 is 14.5 Å². The van der Waals surface area contributed by atoms with Crippen LogP contribution in [0, 0.1) is 0 Å². The number of nitrogens with zero attached hydrogens (tertiary/aromatic N) is 1. The van der Waals surface area contributed by atoms with E-state index in [0.29, 0.717) is 27.8 Å². The van der Waals surface area contributed by atoms with Crippen LogP contribution in [-0.4, -0.2) is 32.6 Å². The Kier molecular flexibility index (Phi) is 5.27. The minimum atomic E-state index is -3.95. The van der Waals surface area contributed by atoms with Gasteiger partial charge in [-0.25, -0.2) is 13.4 Å². The van der Waals surface area contributed by atoms with E-state index in [0.717, 1.165) is 11.0 Å². The average molecular weight is 444 g/mol. The van der Waals surface area contributed by atoms with Gasteiger partial charge in [-0.05, 0) is 42.5 Å². The van der Waals surface area contributed by atoms with Crippen LogP contribution in [0.5, 0.6) is 11.5 Å². The minimum absolute atomic E-state index is 0.0374. The number of aromatic amines is 1. The first kappa shape index (κ1) is 20.1. The van der Waals surface area contributed by atoms with Crippen molar-refractivity contribution in [3.8, 4) is 22.9 Å². The molecular weight excluding hydrogens is 426 g/mol. The van der Waals surface area contributed by atoms with Gasteiger partial charge in [0.05, 0.1) is 30.3 Å². The number of sulfonamides is 1. The third kappa shape index (κ3) is 3.79. The summed E-state index contributed by atoms with van der Waals surface area (Å²) in [5.41, 5.74) is 2.55. The van der Waals surface area contributed by atoms with Crippen LogP contribution >= 0.6 is 11.6 Å². The predicted octanol–water partition coefficient (Wildman–Crippen LogP) is 4.70. The number of imidazole rings is 1. The first-order valence-corrected chi connectivity index (χ1v) is 10.8. The van der Waals surface area contributed by atoms with Crippen molar-refractivity contribution in [3.05, 3.63) is 65.7 Å². The molecule has 0 fully saturated rings. The van der Waals surface area contributed by atoms with Crippen LogP contribution in [0.1, 0.15) is 0 Å². The van der Waals surface area contributed by atoms with E-state index in [4.69, 9.17) is 21.1 Å². The smallest absolute Gasteiger partial charge is 0.265 e. The number of ether oxygens (including phenoxy) is 2. The van der Waals surface area contributed by atoms with Crippen molar-refractivity contribution in [3.63, 3.8) is 0 Å². The Hall–Kier alpha value is -3.23. The van der Waals surface area contributed by atoms with E-state index >= 15 is 0 Å². The molecule has 4 aromatic rings. The second-order valence-electron chi connectivity index (χ2n) is 6.42. The summed E-state index contributed by atoms with van der Waals surface area (Å²) in [7, 11) is -1.09. The number of anilines is 1. The standard InChI is InChI=1S/C21H18ClN3O4S/c1-28-14-8-10-19(29-2)20(12-14)30(26,27)25-13-7-9-16(22)15(11-13)21-23-17-5-3-4-6-18(17)24-21/h3-12,25H,1-2H3,(H,23,24). The van der Waals surface area contributed by atoms with Gasteiger partial charge in [0, 0.05) is 17.3 Å². The summed E-state index contributed by atoms with van der Waals surface area (Å²) in [5.74, 6) is 1.14.